The summed E-state index contributed by atoms with van der Waals surface area (Å²) in [5.74, 6) is 0.635. The molecule has 0 saturated carbocycles. The first kappa shape index (κ1) is 23.1. The summed E-state index contributed by atoms with van der Waals surface area (Å²) in [6.07, 6.45) is 1.80. The number of hydrogen-bond donors (Lipinski definition) is 0. The Bertz CT molecular complexity index is 1460. The highest BCUT2D eigenvalue weighted by atomic mass is 32.2. The molecular weight excluding hydrogens is 481 g/mol. The molecule has 1 aliphatic rings. The van der Waals surface area contributed by atoms with Gasteiger partial charge in [0.05, 0.1) is 17.7 Å². The van der Waals surface area contributed by atoms with Gasteiger partial charge in [-0.15, -0.1) is 0 Å². The van der Waals surface area contributed by atoms with Crippen LogP contribution in [0.25, 0.3) is 16.8 Å². The van der Waals surface area contributed by atoms with Crippen molar-refractivity contribution >= 4 is 56.7 Å². The number of methoxy groups -OCH3 is 1. The van der Waals surface area contributed by atoms with Crippen LogP contribution in [0.4, 0.5) is 10.1 Å². The number of rotatable bonds is 6. The molecule has 1 aliphatic heterocycles. The number of fused-ring (bicyclic) bond motifs is 1. The Morgan fingerprint density at radius 2 is 1.74 bits per heavy atom. The van der Waals surface area contributed by atoms with Gasteiger partial charge in [-0.3, -0.25) is 9.69 Å². The summed E-state index contributed by atoms with van der Waals surface area (Å²) in [6, 6.07) is 25.4. The number of thioether (sulfide) groups is 1. The Kier molecular flexibility index (Phi) is 6.53. The number of carbonyl (C=O) groups excluding carboxylic acids is 1. The fraction of sp³-hybridized carbons (Fsp3) is 0.0714. The molecule has 0 aliphatic carbocycles. The zero-order valence-electron chi connectivity index (χ0n) is 18.7. The number of thiocarbonyl (C=S) groups is 1. The lowest BCUT2D eigenvalue weighted by molar-refractivity contribution is -0.113. The Balaban J connectivity index is 1.38. The molecule has 4 nitrogen and oxygen atoms in total. The number of halogens is 1. The minimum Gasteiger partial charge on any atom is -0.493 e. The third-order valence-electron chi connectivity index (χ3n) is 5.59. The average molecular weight is 502 g/mol. The molecule has 1 fully saturated rings. The Morgan fingerprint density at radius 3 is 2.54 bits per heavy atom. The van der Waals surface area contributed by atoms with E-state index in [2.05, 4.69) is 0 Å². The maximum atomic E-state index is 13.3. The van der Waals surface area contributed by atoms with Gasteiger partial charge >= 0.3 is 0 Å². The second-order valence-electron chi connectivity index (χ2n) is 7.84. The molecule has 0 spiro atoms. The van der Waals surface area contributed by atoms with Crippen molar-refractivity contribution in [2.24, 2.45) is 0 Å². The average Bonchev–Trinajstić information content (AvgIpc) is 3.15. The highest BCUT2D eigenvalue weighted by molar-refractivity contribution is 8.27. The molecule has 1 heterocycles. The number of carbonyl (C=O) groups is 1. The van der Waals surface area contributed by atoms with Crippen molar-refractivity contribution in [2.75, 3.05) is 12.0 Å². The predicted molar refractivity (Wildman–Crippen MR) is 143 cm³/mol. The van der Waals surface area contributed by atoms with Gasteiger partial charge in [0.25, 0.3) is 5.91 Å². The molecule has 174 valence electrons. The second kappa shape index (κ2) is 9.90. The summed E-state index contributed by atoms with van der Waals surface area (Å²) in [5.41, 5.74) is 2.40. The van der Waals surface area contributed by atoms with E-state index in [9.17, 15) is 9.18 Å². The van der Waals surface area contributed by atoms with Gasteiger partial charge in [-0.2, -0.15) is 0 Å². The summed E-state index contributed by atoms with van der Waals surface area (Å²) in [4.78, 5) is 15.5. The Labute approximate surface area is 212 Å². The maximum absolute atomic E-state index is 13.3. The first-order chi connectivity index (χ1) is 17.0. The van der Waals surface area contributed by atoms with Crippen molar-refractivity contribution in [3.63, 3.8) is 0 Å². The fourth-order valence-electron chi connectivity index (χ4n) is 3.87. The molecule has 0 aromatic heterocycles. The van der Waals surface area contributed by atoms with Crippen LogP contribution in [0.2, 0.25) is 0 Å². The summed E-state index contributed by atoms with van der Waals surface area (Å²) >= 11 is 6.85. The van der Waals surface area contributed by atoms with Crippen molar-refractivity contribution in [1.29, 1.82) is 0 Å². The van der Waals surface area contributed by atoms with Gasteiger partial charge < -0.3 is 9.47 Å². The van der Waals surface area contributed by atoms with E-state index in [1.165, 1.54) is 23.9 Å². The lowest BCUT2D eigenvalue weighted by Crippen LogP contribution is -2.27. The number of hydrogen-bond acceptors (Lipinski definition) is 5. The molecule has 7 heteroatoms. The van der Waals surface area contributed by atoms with E-state index in [0.717, 1.165) is 27.6 Å². The second-order valence-corrected chi connectivity index (χ2v) is 9.52. The van der Waals surface area contributed by atoms with Crippen molar-refractivity contribution in [1.82, 2.24) is 0 Å². The van der Waals surface area contributed by atoms with Crippen LogP contribution in [0.1, 0.15) is 11.1 Å². The smallest absolute Gasteiger partial charge is 0.270 e. The van der Waals surface area contributed by atoms with Crippen molar-refractivity contribution < 1.29 is 18.7 Å². The molecule has 4 aromatic rings. The van der Waals surface area contributed by atoms with E-state index in [-0.39, 0.29) is 18.3 Å². The molecule has 1 saturated heterocycles. The van der Waals surface area contributed by atoms with E-state index < -0.39 is 0 Å². The zero-order valence-corrected chi connectivity index (χ0v) is 20.4. The number of benzene rings is 4. The van der Waals surface area contributed by atoms with Crippen molar-refractivity contribution in [2.45, 2.75) is 6.61 Å². The molecule has 0 radical (unpaired) electrons. The summed E-state index contributed by atoms with van der Waals surface area (Å²) in [5, 5.41) is 2.01. The molecule has 35 heavy (non-hydrogen) atoms. The van der Waals surface area contributed by atoms with E-state index in [1.807, 2.05) is 54.6 Å². The lowest BCUT2D eigenvalue weighted by Gasteiger charge is -2.17. The molecule has 0 bridgehead atoms. The Morgan fingerprint density at radius 1 is 0.971 bits per heavy atom. The van der Waals surface area contributed by atoms with Crippen LogP contribution in [-0.4, -0.2) is 17.3 Å². The molecule has 0 unspecified atom stereocenters. The quantitative estimate of drug-likeness (QED) is 0.211. The normalized spacial score (nSPS) is 14.7. The molecule has 5 rings (SSSR count). The minimum atomic E-state index is -0.290. The van der Waals surface area contributed by atoms with E-state index in [4.69, 9.17) is 21.7 Å². The summed E-state index contributed by atoms with van der Waals surface area (Å²) in [6.45, 7) is 0.277. The zero-order chi connectivity index (χ0) is 24.4. The topological polar surface area (TPSA) is 38.8 Å². The number of nitrogens with zero attached hydrogens (tertiary/aromatic N) is 1. The van der Waals surface area contributed by atoms with Gasteiger partial charge in [0, 0.05) is 5.39 Å². The molecular formula is C28H20FNO3S2. The highest BCUT2D eigenvalue weighted by Crippen LogP contribution is 2.39. The largest absolute Gasteiger partial charge is 0.493 e. The van der Waals surface area contributed by atoms with Crippen LogP contribution < -0.4 is 14.4 Å². The van der Waals surface area contributed by atoms with E-state index in [1.54, 1.807) is 36.3 Å². The van der Waals surface area contributed by atoms with Crippen LogP contribution in [0.15, 0.2) is 89.8 Å². The van der Waals surface area contributed by atoms with Gasteiger partial charge in [0.1, 0.15) is 12.4 Å². The van der Waals surface area contributed by atoms with E-state index >= 15 is 0 Å². The number of amides is 1. The van der Waals surface area contributed by atoms with E-state index in [0.29, 0.717) is 20.7 Å². The molecule has 0 N–H and O–H groups in total. The van der Waals surface area contributed by atoms with Crippen LogP contribution in [0.5, 0.6) is 11.5 Å². The lowest BCUT2D eigenvalue weighted by atomic mass is 10.1. The number of ether oxygens (including phenoxy) is 2. The van der Waals surface area contributed by atoms with Gasteiger partial charge in [-0.1, -0.05) is 78.6 Å². The van der Waals surface area contributed by atoms with Gasteiger partial charge in [-0.05, 0) is 52.9 Å². The molecule has 0 atom stereocenters. The van der Waals surface area contributed by atoms with Crippen LogP contribution in [-0.2, 0) is 11.4 Å². The Hall–Kier alpha value is -3.68. The first-order valence-electron chi connectivity index (χ1n) is 10.8. The summed E-state index contributed by atoms with van der Waals surface area (Å²) in [7, 11) is 1.56. The maximum Gasteiger partial charge on any atom is 0.270 e. The third kappa shape index (κ3) is 4.78. The van der Waals surface area contributed by atoms with Crippen LogP contribution in [0, 0.1) is 5.82 Å². The SMILES string of the molecule is COc1cc(/C=C2/SC(=S)N(c3cccc4ccccc34)C2=O)ccc1OCc1ccc(F)cc1. The third-order valence-corrected chi connectivity index (χ3v) is 6.90. The van der Waals surface area contributed by atoms with Gasteiger partial charge in [-0.25, -0.2) is 4.39 Å². The number of anilines is 1. The van der Waals surface area contributed by atoms with Gasteiger partial charge in [0.2, 0.25) is 0 Å². The fourth-order valence-corrected chi connectivity index (χ4v) is 5.15. The first-order valence-corrected chi connectivity index (χ1v) is 12.1. The van der Waals surface area contributed by atoms with Crippen LogP contribution in [0.3, 0.4) is 0 Å². The predicted octanol–water partition coefficient (Wildman–Crippen LogP) is 6.97. The molecule has 1 amide bonds. The summed E-state index contributed by atoms with van der Waals surface area (Å²) < 4.78 is 25.0. The minimum absolute atomic E-state index is 0.160. The monoisotopic (exact) mass is 501 g/mol. The van der Waals surface area contributed by atoms with Gasteiger partial charge in [0.15, 0.2) is 15.8 Å². The van der Waals surface area contributed by atoms with Crippen molar-refractivity contribution in [3.05, 3.63) is 107 Å². The highest BCUT2D eigenvalue weighted by Gasteiger charge is 2.34. The van der Waals surface area contributed by atoms with Crippen molar-refractivity contribution in [3.8, 4) is 11.5 Å². The van der Waals surface area contributed by atoms with Crippen LogP contribution >= 0.6 is 24.0 Å². The molecule has 4 aromatic carbocycles. The standard InChI is InChI=1S/C28H20FNO3S2/c1-32-25-15-19(11-14-24(25)33-17-18-9-12-21(29)13-10-18)16-26-27(31)30(28(34)35-26)23-8-4-6-20-5-2-3-7-22(20)23/h2-16H,17H2,1H3/b26-16+.